The maximum atomic E-state index is 12.4. The molecule has 7 nitrogen and oxygen atoms in total. The number of hydrogen-bond acceptors (Lipinski definition) is 3. The first-order chi connectivity index (χ1) is 12.7. The van der Waals surface area contributed by atoms with Gasteiger partial charge in [0.2, 0.25) is 5.91 Å². The number of nitrogens with one attached hydrogen (secondary N) is 2. The van der Waals surface area contributed by atoms with E-state index >= 15 is 0 Å². The first-order valence-corrected chi connectivity index (χ1v) is 9.16. The molecule has 1 aliphatic heterocycles. The molecule has 0 bridgehead atoms. The van der Waals surface area contributed by atoms with Crippen molar-refractivity contribution in [2.45, 2.75) is 46.2 Å². The number of benzene rings is 1. The summed E-state index contributed by atoms with van der Waals surface area (Å²) in [5.74, 6) is -0.597. The number of likely N-dealkylation sites (N-methyl/N-ethyl adjacent to an activating group) is 2. The number of nitrogens with zero attached hydrogens (tertiary/aromatic N) is 2. The lowest BCUT2D eigenvalue weighted by molar-refractivity contribution is -0.131. The van der Waals surface area contributed by atoms with Crippen molar-refractivity contribution in [3.63, 3.8) is 0 Å². The van der Waals surface area contributed by atoms with Crippen LogP contribution in [0.5, 0.6) is 0 Å². The third kappa shape index (κ3) is 3.29. The summed E-state index contributed by atoms with van der Waals surface area (Å²) in [6.45, 7) is 6.62. The van der Waals surface area contributed by atoms with E-state index in [4.69, 9.17) is 0 Å². The van der Waals surface area contributed by atoms with Crippen LogP contribution in [-0.4, -0.2) is 52.8 Å². The first-order valence-electron chi connectivity index (χ1n) is 9.16. The van der Waals surface area contributed by atoms with Gasteiger partial charge in [0.15, 0.2) is 0 Å². The van der Waals surface area contributed by atoms with Gasteiger partial charge in [0.05, 0.1) is 11.9 Å². The van der Waals surface area contributed by atoms with Crippen molar-refractivity contribution in [1.29, 1.82) is 0 Å². The Kier molecular flexibility index (Phi) is 4.95. The molecule has 1 saturated heterocycles. The van der Waals surface area contributed by atoms with Crippen LogP contribution in [0.25, 0.3) is 10.9 Å². The molecule has 0 radical (unpaired) electrons. The lowest BCUT2D eigenvalue weighted by atomic mass is 10.0. The number of rotatable bonds is 5. The Morgan fingerprint density at radius 3 is 2.52 bits per heavy atom. The standard InChI is InChI=1S/C20H26N4O3/c1-6-15-12(3)14-8-11(2)7-13(18(14)22-15)10-21-17(25)9-16-19(26)24(5)20(27)23(16)4/h7-8,16,22H,6,9-10H2,1-5H3,(H,21,25)/t16-/m1/s1. The van der Waals surface area contributed by atoms with Gasteiger partial charge in [-0.05, 0) is 37.5 Å². The topological polar surface area (TPSA) is 85.5 Å². The van der Waals surface area contributed by atoms with Crippen LogP contribution in [0, 0.1) is 13.8 Å². The Bertz CT molecular complexity index is 931. The van der Waals surface area contributed by atoms with Crippen LogP contribution in [-0.2, 0) is 22.6 Å². The van der Waals surface area contributed by atoms with E-state index < -0.39 is 6.04 Å². The van der Waals surface area contributed by atoms with Gasteiger partial charge in [0.25, 0.3) is 5.91 Å². The minimum Gasteiger partial charge on any atom is -0.358 e. The quantitative estimate of drug-likeness (QED) is 0.792. The zero-order valence-corrected chi connectivity index (χ0v) is 16.5. The summed E-state index contributed by atoms with van der Waals surface area (Å²) in [5.41, 5.74) is 5.63. The van der Waals surface area contributed by atoms with Crippen molar-refractivity contribution >= 4 is 28.7 Å². The summed E-state index contributed by atoms with van der Waals surface area (Å²) in [5, 5.41) is 4.07. The molecule has 2 heterocycles. The van der Waals surface area contributed by atoms with Gasteiger partial charge in [-0.3, -0.25) is 14.5 Å². The monoisotopic (exact) mass is 370 g/mol. The average Bonchev–Trinajstić information content (AvgIpc) is 3.05. The smallest absolute Gasteiger partial charge is 0.326 e. The van der Waals surface area contributed by atoms with E-state index in [1.54, 1.807) is 7.05 Å². The highest BCUT2D eigenvalue weighted by Crippen LogP contribution is 2.27. The number of fused-ring (bicyclic) bond motifs is 1. The number of hydrogen-bond donors (Lipinski definition) is 2. The van der Waals surface area contributed by atoms with Crippen LogP contribution in [0.4, 0.5) is 4.79 Å². The maximum absolute atomic E-state index is 12.4. The largest absolute Gasteiger partial charge is 0.358 e. The number of carbonyl (C=O) groups is 3. The van der Waals surface area contributed by atoms with Crippen molar-refractivity contribution in [3.8, 4) is 0 Å². The van der Waals surface area contributed by atoms with Gasteiger partial charge in [-0.2, -0.15) is 0 Å². The van der Waals surface area contributed by atoms with Crippen LogP contribution in [0.2, 0.25) is 0 Å². The second-order valence-corrected chi connectivity index (χ2v) is 7.22. The Morgan fingerprint density at radius 2 is 1.93 bits per heavy atom. The van der Waals surface area contributed by atoms with E-state index in [2.05, 4.69) is 36.3 Å². The Balaban J connectivity index is 1.74. The van der Waals surface area contributed by atoms with Gasteiger partial charge in [-0.1, -0.05) is 18.6 Å². The molecule has 0 unspecified atom stereocenters. The molecule has 4 amide bonds. The highest BCUT2D eigenvalue weighted by atomic mass is 16.2. The van der Waals surface area contributed by atoms with Crippen LogP contribution >= 0.6 is 0 Å². The number of amides is 4. The molecule has 0 saturated carbocycles. The Labute approximate surface area is 158 Å². The van der Waals surface area contributed by atoms with Crippen LogP contribution in [0.3, 0.4) is 0 Å². The molecule has 2 aromatic rings. The zero-order valence-electron chi connectivity index (χ0n) is 16.5. The Morgan fingerprint density at radius 1 is 1.22 bits per heavy atom. The molecule has 1 aromatic carbocycles. The van der Waals surface area contributed by atoms with Crippen molar-refractivity contribution in [1.82, 2.24) is 20.1 Å². The molecule has 144 valence electrons. The van der Waals surface area contributed by atoms with Crippen molar-refractivity contribution < 1.29 is 14.4 Å². The summed E-state index contributed by atoms with van der Waals surface area (Å²) >= 11 is 0. The molecule has 2 N–H and O–H groups in total. The van der Waals surface area contributed by atoms with Gasteiger partial charge in [-0.25, -0.2) is 4.79 Å². The van der Waals surface area contributed by atoms with Gasteiger partial charge in [-0.15, -0.1) is 0 Å². The fraction of sp³-hybridized carbons (Fsp3) is 0.450. The molecule has 0 aliphatic carbocycles. The third-order valence-electron chi connectivity index (χ3n) is 5.38. The minimum atomic E-state index is -0.737. The third-order valence-corrected chi connectivity index (χ3v) is 5.38. The highest BCUT2D eigenvalue weighted by Gasteiger charge is 2.41. The number of aryl methyl sites for hydroxylation is 3. The first kappa shape index (κ1) is 18.9. The fourth-order valence-electron chi connectivity index (χ4n) is 3.72. The second-order valence-electron chi connectivity index (χ2n) is 7.22. The molecule has 1 aliphatic rings. The molecule has 7 heteroatoms. The van der Waals surface area contributed by atoms with E-state index in [-0.39, 0.29) is 24.3 Å². The normalized spacial score (nSPS) is 17.3. The predicted molar refractivity (Wildman–Crippen MR) is 103 cm³/mol. The lowest BCUT2D eigenvalue weighted by Gasteiger charge is -2.16. The fourth-order valence-corrected chi connectivity index (χ4v) is 3.72. The van der Waals surface area contributed by atoms with Crippen molar-refractivity contribution in [3.05, 3.63) is 34.5 Å². The SMILES string of the molecule is CCc1[nH]c2c(CNC(=O)C[C@@H]3C(=O)N(C)C(=O)N3C)cc(C)cc2c1C. The van der Waals surface area contributed by atoms with Crippen molar-refractivity contribution in [2.75, 3.05) is 14.1 Å². The summed E-state index contributed by atoms with van der Waals surface area (Å²) in [4.78, 5) is 42.2. The van der Waals surface area contributed by atoms with E-state index in [0.29, 0.717) is 6.54 Å². The molecule has 1 fully saturated rings. The highest BCUT2D eigenvalue weighted by molar-refractivity contribution is 6.05. The molecule has 27 heavy (non-hydrogen) atoms. The second kappa shape index (κ2) is 7.06. The molecule has 3 rings (SSSR count). The number of H-pyrrole nitrogens is 1. The lowest BCUT2D eigenvalue weighted by Crippen LogP contribution is -2.37. The number of carbonyl (C=O) groups excluding carboxylic acids is 3. The van der Waals surface area contributed by atoms with Gasteiger partial charge >= 0.3 is 6.03 Å². The van der Waals surface area contributed by atoms with E-state index in [1.807, 2.05) is 6.92 Å². The Hall–Kier alpha value is -2.83. The molecule has 1 aromatic heterocycles. The summed E-state index contributed by atoms with van der Waals surface area (Å²) < 4.78 is 0. The van der Waals surface area contributed by atoms with Gasteiger partial charge < -0.3 is 15.2 Å². The van der Waals surface area contributed by atoms with E-state index in [9.17, 15) is 14.4 Å². The number of imide groups is 1. The van der Waals surface area contributed by atoms with Crippen molar-refractivity contribution in [2.24, 2.45) is 0 Å². The molecular weight excluding hydrogens is 344 g/mol. The number of aromatic amines is 1. The zero-order chi connectivity index (χ0) is 19.9. The van der Waals surface area contributed by atoms with Crippen LogP contribution in [0.1, 0.15) is 35.7 Å². The van der Waals surface area contributed by atoms with E-state index in [0.717, 1.165) is 28.0 Å². The molecule has 0 spiro atoms. The predicted octanol–water partition coefficient (Wildman–Crippen LogP) is 2.25. The summed E-state index contributed by atoms with van der Waals surface area (Å²) in [7, 11) is 2.97. The van der Waals surface area contributed by atoms with Crippen LogP contribution < -0.4 is 5.32 Å². The molecule has 1 atom stereocenters. The average molecular weight is 370 g/mol. The summed E-state index contributed by atoms with van der Waals surface area (Å²) in [6.07, 6.45) is 0.882. The van der Waals surface area contributed by atoms with Gasteiger partial charge in [0, 0.05) is 31.7 Å². The van der Waals surface area contributed by atoms with Gasteiger partial charge in [0.1, 0.15) is 6.04 Å². The number of aromatic nitrogens is 1. The van der Waals surface area contributed by atoms with Crippen LogP contribution in [0.15, 0.2) is 12.1 Å². The number of urea groups is 1. The van der Waals surface area contributed by atoms with E-state index in [1.165, 1.54) is 28.6 Å². The maximum Gasteiger partial charge on any atom is 0.326 e. The minimum absolute atomic E-state index is 0.0374. The summed E-state index contributed by atoms with van der Waals surface area (Å²) in [6, 6.07) is 3.09. The molecular formula is C20H26N4O3.